The first-order valence-corrected chi connectivity index (χ1v) is 3.41. The molecule has 0 bridgehead atoms. The SMILES string of the molecule is C[C@]1(CO)OC=C[C@@H](O)[C@@H]1O. The van der Waals surface area contributed by atoms with Gasteiger partial charge in [-0.2, -0.15) is 0 Å². The Morgan fingerprint density at radius 2 is 2.18 bits per heavy atom. The summed E-state index contributed by atoms with van der Waals surface area (Å²) in [4.78, 5) is 0. The Hall–Kier alpha value is -0.580. The van der Waals surface area contributed by atoms with E-state index in [4.69, 9.17) is 14.9 Å². The lowest BCUT2D eigenvalue weighted by Gasteiger charge is -2.36. The van der Waals surface area contributed by atoms with Crippen LogP contribution >= 0.6 is 0 Å². The second-order valence-corrected chi connectivity index (χ2v) is 2.85. The van der Waals surface area contributed by atoms with Crippen LogP contribution in [0.25, 0.3) is 0 Å². The minimum absolute atomic E-state index is 0.324. The van der Waals surface area contributed by atoms with Crippen LogP contribution in [-0.4, -0.2) is 39.7 Å². The predicted molar refractivity (Wildman–Crippen MR) is 37.7 cm³/mol. The lowest BCUT2D eigenvalue weighted by molar-refractivity contribution is -0.143. The maximum Gasteiger partial charge on any atom is 0.157 e. The molecular formula is C7H12O4. The number of hydrogen-bond donors (Lipinski definition) is 3. The van der Waals surface area contributed by atoms with Crippen LogP contribution in [0.15, 0.2) is 12.3 Å². The lowest BCUT2D eigenvalue weighted by Crippen LogP contribution is -2.52. The molecular weight excluding hydrogens is 148 g/mol. The van der Waals surface area contributed by atoms with Gasteiger partial charge in [-0.05, 0) is 13.0 Å². The molecule has 0 amide bonds. The van der Waals surface area contributed by atoms with Crippen molar-refractivity contribution in [3.63, 3.8) is 0 Å². The number of aliphatic hydroxyl groups is 3. The molecule has 0 aliphatic carbocycles. The highest BCUT2D eigenvalue weighted by molar-refractivity contribution is 5.02. The number of ether oxygens (including phenoxy) is 1. The summed E-state index contributed by atoms with van der Waals surface area (Å²) >= 11 is 0. The molecule has 1 aliphatic heterocycles. The number of rotatable bonds is 1. The van der Waals surface area contributed by atoms with E-state index in [0.717, 1.165) is 0 Å². The summed E-state index contributed by atoms with van der Waals surface area (Å²) in [6.45, 7) is 1.21. The van der Waals surface area contributed by atoms with E-state index < -0.39 is 17.8 Å². The summed E-state index contributed by atoms with van der Waals surface area (Å²) in [6.07, 6.45) is 0.591. The van der Waals surface area contributed by atoms with Gasteiger partial charge in [-0.1, -0.05) is 0 Å². The van der Waals surface area contributed by atoms with Gasteiger partial charge in [-0.15, -0.1) is 0 Å². The van der Waals surface area contributed by atoms with E-state index in [1.54, 1.807) is 0 Å². The van der Waals surface area contributed by atoms with Crippen molar-refractivity contribution in [1.29, 1.82) is 0 Å². The highest BCUT2D eigenvalue weighted by Gasteiger charge is 2.40. The Morgan fingerprint density at radius 1 is 1.55 bits per heavy atom. The van der Waals surface area contributed by atoms with Gasteiger partial charge >= 0.3 is 0 Å². The van der Waals surface area contributed by atoms with Crippen LogP contribution in [0.5, 0.6) is 0 Å². The third-order valence-electron chi connectivity index (χ3n) is 1.88. The third kappa shape index (κ3) is 1.38. The molecule has 0 fully saturated rings. The second-order valence-electron chi connectivity index (χ2n) is 2.85. The van der Waals surface area contributed by atoms with Gasteiger partial charge in [0, 0.05) is 0 Å². The van der Waals surface area contributed by atoms with Crippen molar-refractivity contribution in [2.24, 2.45) is 0 Å². The van der Waals surface area contributed by atoms with Crippen molar-refractivity contribution in [1.82, 2.24) is 0 Å². The normalized spacial score (nSPS) is 43.6. The fraction of sp³-hybridized carbons (Fsp3) is 0.714. The highest BCUT2D eigenvalue weighted by Crippen LogP contribution is 2.22. The Labute approximate surface area is 64.7 Å². The molecule has 0 aromatic rings. The maximum absolute atomic E-state index is 9.31. The molecule has 0 saturated heterocycles. The van der Waals surface area contributed by atoms with Crippen molar-refractivity contribution in [3.05, 3.63) is 12.3 Å². The van der Waals surface area contributed by atoms with Crippen LogP contribution in [0.4, 0.5) is 0 Å². The van der Waals surface area contributed by atoms with Crippen molar-refractivity contribution in [2.75, 3.05) is 6.61 Å². The fourth-order valence-corrected chi connectivity index (χ4v) is 0.942. The smallest absolute Gasteiger partial charge is 0.157 e. The molecule has 3 N–H and O–H groups in total. The van der Waals surface area contributed by atoms with E-state index in [9.17, 15) is 5.11 Å². The van der Waals surface area contributed by atoms with E-state index in [-0.39, 0.29) is 6.61 Å². The van der Waals surface area contributed by atoms with E-state index >= 15 is 0 Å². The summed E-state index contributed by atoms with van der Waals surface area (Å²) in [7, 11) is 0. The largest absolute Gasteiger partial charge is 0.490 e. The Balaban J connectivity index is 2.77. The van der Waals surface area contributed by atoms with Gasteiger partial charge in [0.25, 0.3) is 0 Å². The van der Waals surface area contributed by atoms with Crippen LogP contribution in [0.3, 0.4) is 0 Å². The topological polar surface area (TPSA) is 69.9 Å². The summed E-state index contributed by atoms with van der Waals surface area (Å²) in [5, 5.41) is 27.2. The summed E-state index contributed by atoms with van der Waals surface area (Å²) < 4.78 is 4.96. The molecule has 0 saturated carbocycles. The van der Waals surface area contributed by atoms with E-state index in [1.807, 2.05) is 0 Å². The van der Waals surface area contributed by atoms with Crippen molar-refractivity contribution in [3.8, 4) is 0 Å². The molecule has 1 heterocycles. The Kier molecular flexibility index (Phi) is 2.17. The van der Waals surface area contributed by atoms with Crippen LogP contribution in [0, 0.1) is 0 Å². The van der Waals surface area contributed by atoms with Crippen LogP contribution in [0.2, 0.25) is 0 Å². The number of hydrogen-bond acceptors (Lipinski definition) is 4. The zero-order chi connectivity index (χ0) is 8.48. The fourth-order valence-electron chi connectivity index (χ4n) is 0.942. The average Bonchev–Trinajstić information content (AvgIpc) is 2.00. The van der Waals surface area contributed by atoms with E-state index in [2.05, 4.69) is 0 Å². The molecule has 4 heteroatoms. The van der Waals surface area contributed by atoms with Crippen molar-refractivity contribution < 1.29 is 20.1 Å². The van der Waals surface area contributed by atoms with Crippen molar-refractivity contribution >= 4 is 0 Å². The first-order valence-electron chi connectivity index (χ1n) is 3.41. The van der Waals surface area contributed by atoms with Crippen molar-refractivity contribution in [2.45, 2.75) is 24.7 Å². The maximum atomic E-state index is 9.31. The predicted octanol–water partition coefficient (Wildman–Crippen LogP) is -0.997. The Morgan fingerprint density at radius 3 is 2.64 bits per heavy atom. The zero-order valence-electron chi connectivity index (χ0n) is 6.27. The molecule has 1 aliphatic rings. The lowest BCUT2D eigenvalue weighted by atomic mass is 9.93. The second kappa shape index (κ2) is 2.81. The first-order chi connectivity index (χ1) is 5.10. The zero-order valence-corrected chi connectivity index (χ0v) is 6.27. The van der Waals surface area contributed by atoms with Gasteiger partial charge in [-0.25, -0.2) is 0 Å². The van der Waals surface area contributed by atoms with E-state index in [0.29, 0.717) is 0 Å². The van der Waals surface area contributed by atoms with Gasteiger partial charge in [-0.3, -0.25) is 0 Å². The molecule has 0 aromatic heterocycles. The minimum atomic E-state index is -1.08. The third-order valence-corrected chi connectivity index (χ3v) is 1.88. The molecule has 0 aromatic carbocycles. The van der Waals surface area contributed by atoms with Gasteiger partial charge < -0.3 is 20.1 Å². The molecule has 64 valence electrons. The summed E-state index contributed by atoms with van der Waals surface area (Å²) in [6, 6.07) is 0. The van der Waals surface area contributed by atoms with Gasteiger partial charge in [0.2, 0.25) is 0 Å². The van der Waals surface area contributed by atoms with Gasteiger partial charge in [0.05, 0.1) is 12.9 Å². The van der Waals surface area contributed by atoms with Crippen LogP contribution in [0.1, 0.15) is 6.92 Å². The molecule has 0 spiro atoms. The molecule has 11 heavy (non-hydrogen) atoms. The molecule has 0 unspecified atom stereocenters. The van der Waals surface area contributed by atoms with Gasteiger partial charge in [0.1, 0.15) is 12.2 Å². The Bertz CT molecular complexity index is 168. The van der Waals surface area contributed by atoms with Crippen LogP contribution < -0.4 is 0 Å². The molecule has 1 rings (SSSR count). The quantitative estimate of drug-likeness (QED) is 0.460. The van der Waals surface area contributed by atoms with Crippen LogP contribution in [-0.2, 0) is 4.74 Å². The molecule has 3 atom stereocenters. The monoisotopic (exact) mass is 160 g/mol. The highest BCUT2D eigenvalue weighted by atomic mass is 16.5. The molecule has 0 radical (unpaired) electrons. The summed E-state index contributed by atoms with van der Waals surface area (Å²) in [5.74, 6) is 0. The van der Waals surface area contributed by atoms with Gasteiger partial charge in [0.15, 0.2) is 5.60 Å². The first kappa shape index (κ1) is 8.52. The van der Waals surface area contributed by atoms with E-state index in [1.165, 1.54) is 19.3 Å². The standard InChI is InChI=1S/C7H12O4/c1-7(4-8)6(10)5(9)2-3-11-7/h2-3,5-6,8-10H,4H2,1H3/t5-,6+,7-/m1/s1. The summed E-state index contributed by atoms with van der Waals surface area (Å²) in [5.41, 5.74) is -1.08. The molecule has 4 nitrogen and oxygen atoms in total. The average molecular weight is 160 g/mol. The number of aliphatic hydroxyl groups excluding tert-OH is 3. The minimum Gasteiger partial charge on any atom is -0.490 e.